The summed E-state index contributed by atoms with van der Waals surface area (Å²) in [6.45, 7) is 7.60. The molecule has 174 valence electrons. The third-order valence-electron chi connectivity index (χ3n) is 6.67. The average Bonchev–Trinajstić information content (AvgIpc) is 3.37. The van der Waals surface area contributed by atoms with Crippen LogP contribution in [0, 0.1) is 13.8 Å². The molecule has 9 heteroatoms. The molecule has 2 aliphatic rings. The summed E-state index contributed by atoms with van der Waals surface area (Å²) >= 11 is 0. The molecule has 3 aromatic heterocycles. The molecule has 1 saturated heterocycles. The molecular weight excluding hydrogens is 432 g/mol. The van der Waals surface area contributed by atoms with Gasteiger partial charge in [-0.2, -0.15) is 0 Å². The minimum Gasteiger partial charge on any atom is -0.488 e. The molecular formula is C25H26N6O3. The Bertz CT molecular complexity index is 1370. The molecule has 1 aromatic carbocycles. The van der Waals surface area contributed by atoms with Crippen LogP contribution in [0.4, 0.5) is 5.95 Å². The van der Waals surface area contributed by atoms with Gasteiger partial charge >= 0.3 is 0 Å². The lowest BCUT2D eigenvalue weighted by Crippen LogP contribution is -2.60. The van der Waals surface area contributed by atoms with Gasteiger partial charge in [0, 0.05) is 31.3 Å². The van der Waals surface area contributed by atoms with Crippen LogP contribution in [0.25, 0.3) is 22.2 Å². The van der Waals surface area contributed by atoms with Gasteiger partial charge in [-0.25, -0.2) is 4.98 Å². The van der Waals surface area contributed by atoms with Crippen molar-refractivity contribution in [1.82, 2.24) is 25.0 Å². The number of ether oxygens (including phenoxy) is 1. The van der Waals surface area contributed by atoms with Crippen LogP contribution in [0.5, 0.6) is 5.75 Å². The summed E-state index contributed by atoms with van der Waals surface area (Å²) in [6.07, 6.45) is 2.29. The number of benzene rings is 1. The summed E-state index contributed by atoms with van der Waals surface area (Å²) in [4.78, 5) is 23.7. The van der Waals surface area contributed by atoms with Gasteiger partial charge in [0.05, 0.1) is 28.5 Å². The van der Waals surface area contributed by atoms with E-state index in [4.69, 9.17) is 14.2 Å². The first-order chi connectivity index (χ1) is 16.5. The van der Waals surface area contributed by atoms with Crippen molar-refractivity contribution in [1.29, 1.82) is 0 Å². The van der Waals surface area contributed by atoms with Crippen molar-refractivity contribution in [2.75, 3.05) is 24.6 Å². The fourth-order valence-corrected chi connectivity index (χ4v) is 4.96. The molecule has 0 aliphatic carbocycles. The molecule has 0 spiro atoms. The van der Waals surface area contributed by atoms with Crippen LogP contribution < -0.4 is 15.0 Å². The highest BCUT2D eigenvalue weighted by molar-refractivity contribution is 5.94. The number of nitrogens with zero attached hydrogens (tertiary/aromatic N) is 5. The van der Waals surface area contributed by atoms with Crippen molar-refractivity contribution in [3.63, 3.8) is 0 Å². The van der Waals surface area contributed by atoms with E-state index >= 15 is 0 Å². The fourth-order valence-electron chi connectivity index (χ4n) is 4.96. The zero-order chi connectivity index (χ0) is 23.4. The summed E-state index contributed by atoms with van der Waals surface area (Å²) in [5, 5.41) is 7.21. The minimum atomic E-state index is -0.113. The molecule has 0 radical (unpaired) electrons. The Morgan fingerprint density at radius 1 is 1.21 bits per heavy atom. The summed E-state index contributed by atoms with van der Waals surface area (Å²) in [5.41, 5.74) is 5.46. The maximum absolute atomic E-state index is 11.8. The standard InChI is InChI=1S/C25H26N6O3/c1-4-21(32)27-16-11-30(12-16)25-28-19-9-8-17(22-14(2)29-34-15(22)3)24-23(19)31(25)20(13-33-24)18-7-5-6-10-26-18/h5-10,16,20H,4,11-13H2,1-3H3,(H,27,32)/t20-/m1/s1. The SMILES string of the molecule is CCC(=O)NC1CN(c2nc3ccc(-c4c(C)noc4C)c4c3n2[C@@H](c2ccccn2)CO4)C1. The molecule has 4 aromatic rings. The Morgan fingerprint density at radius 3 is 2.76 bits per heavy atom. The normalized spacial score (nSPS) is 17.5. The number of rotatable bonds is 5. The van der Waals surface area contributed by atoms with Crippen LogP contribution in [0.1, 0.15) is 36.5 Å². The molecule has 1 amide bonds. The molecule has 9 nitrogen and oxygen atoms in total. The molecule has 34 heavy (non-hydrogen) atoms. The molecule has 0 saturated carbocycles. The van der Waals surface area contributed by atoms with E-state index < -0.39 is 0 Å². The number of pyridine rings is 1. The highest BCUT2D eigenvalue weighted by atomic mass is 16.5. The quantitative estimate of drug-likeness (QED) is 0.489. The first kappa shape index (κ1) is 20.7. The third-order valence-corrected chi connectivity index (χ3v) is 6.67. The van der Waals surface area contributed by atoms with Crippen LogP contribution in [0.15, 0.2) is 41.1 Å². The number of imidazole rings is 1. The van der Waals surface area contributed by atoms with Crippen molar-refractivity contribution in [2.24, 2.45) is 0 Å². The Labute approximate surface area is 196 Å². The zero-order valence-electron chi connectivity index (χ0n) is 19.4. The molecule has 5 heterocycles. The van der Waals surface area contributed by atoms with Gasteiger partial charge < -0.3 is 19.5 Å². The van der Waals surface area contributed by atoms with Crippen molar-refractivity contribution in [3.8, 4) is 16.9 Å². The van der Waals surface area contributed by atoms with E-state index in [1.165, 1.54) is 0 Å². The summed E-state index contributed by atoms with van der Waals surface area (Å²) in [7, 11) is 0. The Kier molecular flexibility index (Phi) is 4.79. The van der Waals surface area contributed by atoms with E-state index in [9.17, 15) is 4.79 Å². The molecule has 0 unspecified atom stereocenters. The highest BCUT2D eigenvalue weighted by Gasteiger charge is 2.37. The number of carbonyl (C=O) groups excluding carboxylic acids is 1. The van der Waals surface area contributed by atoms with Gasteiger partial charge in [-0.05, 0) is 38.1 Å². The summed E-state index contributed by atoms with van der Waals surface area (Å²) < 4.78 is 14.1. The van der Waals surface area contributed by atoms with E-state index in [1.807, 2.05) is 51.1 Å². The van der Waals surface area contributed by atoms with Crippen LogP contribution in [0.3, 0.4) is 0 Å². The first-order valence-electron chi connectivity index (χ1n) is 11.6. The predicted octanol–water partition coefficient (Wildman–Crippen LogP) is 3.40. The van der Waals surface area contributed by atoms with Gasteiger partial charge in [-0.3, -0.25) is 14.3 Å². The predicted molar refractivity (Wildman–Crippen MR) is 127 cm³/mol. The number of hydrogen-bond acceptors (Lipinski definition) is 7. The topological polar surface area (TPSA) is 98.3 Å². The zero-order valence-corrected chi connectivity index (χ0v) is 19.4. The van der Waals surface area contributed by atoms with E-state index in [0.717, 1.165) is 64.1 Å². The molecule has 1 atom stereocenters. The van der Waals surface area contributed by atoms with Crippen LogP contribution in [0.2, 0.25) is 0 Å². The second-order valence-corrected chi connectivity index (χ2v) is 8.90. The van der Waals surface area contributed by atoms with E-state index in [2.05, 4.69) is 24.9 Å². The largest absolute Gasteiger partial charge is 0.488 e. The molecule has 2 aliphatic heterocycles. The Hall–Kier alpha value is -3.88. The van der Waals surface area contributed by atoms with Crippen molar-refractivity contribution < 1.29 is 14.1 Å². The van der Waals surface area contributed by atoms with Crippen LogP contribution in [-0.4, -0.2) is 51.3 Å². The second-order valence-electron chi connectivity index (χ2n) is 8.90. The lowest BCUT2D eigenvalue weighted by molar-refractivity contribution is -0.121. The number of carbonyl (C=O) groups is 1. The molecule has 1 fully saturated rings. The van der Waals surface area contributed by atoms with Crippen molar-refractivity contribution in [3.05, 3.63) is 53.7 Å². The van der Waals surface area contributed by atoms with Gasteiger partial charge in [-0.1, -0.05) is 18.1 Å². The second kappa shape index (κ2) is 7.86. The highest BCUT2D eigenvalue weighted by Crippen LogP contribution is 2.46. The number of hydrogen-bond donors (Lipinski definition) is 1. The number of anilines is 1. The van der Waals surface area contributed by atoms with Gasteiger partial charge in [0.2, 0.25) is 11.9 Å². The van der Waals surface area contributed by atoms with E-state index in [-0.39, 0.29) is 18.0 Å². The van der Waals surface area contributed by atoms with Gasteiger partial charge in [0.1, 0.15) is 23.9 Å². The maximum atomic E-state index is 11.8. The number of nitrogens with one attached hydrogen (secondary N) is 1. The Morgan fingerprint density at radius 2 is 2.06 bits per heavy atom. The molecule has 6 rings (SSSR count). The molecule has 1 N–H and O–H groups in total. The van der Waals surface area contributed by atoms with Crippen LogP contribution >= 0.6 is 0 Å². The fraction of sp³-hybridized carbons (Fsp3) is 0.360. The Balaban J connectivity index is 1.49. The third kappa shape index (κ3) is 3.14. The van der Waals surface area contributed by atoms with E-state index in [0.29, 0.717) is 13.0 Å². The van der Waals surface area contributed by atoms with Crippen LogP contribution in [-0.2, 0) is 4.79 Å². The summed E-state index contributed by atoms with van der Waals surface area (Å²) in [6, 6.07) is 10.0. The average molecular weight is 459 g/mol. The molecule has 0 bridgehead atoms. The minimum absolute atomic E-state index is 0.0745. The van der Waals surface area contributed by atoms with E-state index in [1.54, 1.807) is 6.20 Å². The van der Waals surface area contributed by atoms with Crippen molar-refractivity contribution in [2.45, 2.75) is 39.3 Å². The number of aryl methyl sites for hydroxylation is 2. The monoisotopic (exact) mass is 458 g/mol. The lowest BCUT2D eigenvalue weighted by atomic mass is 10.0. The van der Waals surface area contributed by atoms with Crippen molar-refractivity contribution >= 4 is 22.9 Å². The van der Waals surface area contributed by atoms with Gasteiger partial charge in [0.15, 0.2) is 5.75 Å². The smallest absolute Gasteiger partial charge is 0.220 e. The van der Waals surface area contributed by atoms with Gasteiger partial charge in [-0.15, -0.1) is 0 Å². The summed E-state index contributed by atoms with van der Waals surface area (Å²) in [5.74, 6) is 2.49. The maximum Gasteiger partial charge on any atom is 0.220 e. The first-order valence-corrected chi connectivity index (χ1v) is 11.6. The lowest BCUT2D eigenvalue weighted by Gasteiger charge is -2.41. The number of amides is 1. The van der Waals surface area contributed by atoms with Gasteiger partial charge in [0.25, 0.3) is 0 Å². The number of aromatic nitrogens is 4.